The minimum Gasteiger partial charge on any atom is -0.507 e. The van der Waals surface area contributed by atoms with Gasteiger partial charge in [-0.3, -0.25) is 4.79 Å². The number of halogens is 1. The molecular weight excluding hydrogens is 392 g/mol. The van der Waals surface area contributed by atoms with Crippen LogP contribution in [0.3, 0.4) is 0 Å². The van der Waals surface area contributed by atoms with Crippen LogP contribution < -0.4 is 0 Å². The minimum atomic E-state index is 0.112. The van der Waals surface area contributed by atoms with E-state index >= 15 is 0 Å². The van der Waals surface area contributed by atoms with Gasteiger partial charge in [-0.25, -0.2) is 4.98 Å². The summed E-state index contributed by atoms with van der Waals surface area (Å²) in [6.45, 7) is 3.34. The number of hydrogen-bond acceptors (Lipinski definition) is 5. The lowest BCUT2D eigenvalue weighted by molar-refractivity contribution is 0.0973. The zero-order valence-electron chi connectivity index (χ0n) is 15.7. The molecule has 1 fully saturated rings. The van der Waals surface area contributed by atoms with Gasteiger partial charge in [-0.05, 0) is 75.3 Å². The van der Waals surface area contributed by atoms with Crippen molar-refractivity contribution in [1.29, 1.82) is 0 Å². The van der Waals surface area contributed by atoms with Crippen LogP contribution >= 0.6 is 22.9 Å². The van der Waals surface area contributed by atoms with Crippen molar-refractivity contribution in [2.24, 2.45) is 0 Å². The summed E-state index contributed by atoms with van der Waals surface area (Å²) in [7, 11) is 0. The number of rotatable bonds is 6. The van der Waals surface area contributed by atoms with Gasteiger partial charge in [0.1, 0.15) is 10.8 Å². The number of thiazole rings is 1. The molecule has 4 rings (SSSR count). The Balaban J connectivity index is 1.45. The lowest BCUT2D eigenvalue weighted by Crippen LogP contribution is -2.30. The van der Waals surface area contributed by atoms with Gasteiger partial charge in [0, 0.05) is 17.0 Å². The van der Waals surface area contributed by atoms with Crippen LogP contribution in [0.15, 0.2) is 36.4 Å². The Kier molecular flexibility index (Phi) is 5.95. The number of phenols is 1. The van der Waals surface area contributed by atoms with Crippen molar-refractivity contribution in [2.75, 3.05) is 19.6 Å². The third kappa shape index (κ3) is 4.37. The van der Waals surface area contributed by atoms with Crippen LogP contribution in [-0.4, -0.2) is 40.4 Å². The van der Waals surface area contributed by atoms with Gasteiger partial charge in [-0.2, -0.15) is 0 Å². The molecule has 0 unspecified atom stereocenters. The molecule has 1 N–H and O–H groups in total. The van der Waals surface area contributed by atoms with Crippen molar-refractivity contribution in [3.8, 4) is 16.3 Å². The van der Waals surface area contributed by atoms with Gasteiger partial charge in [0.15, 0.2) is 5.78 Å². The summed E-state index contributed by atoms with van der Waals surface area (Å²) >= 11 is 7.39. The molecule has 6 heteroatoms. The molecule has 1 aliphatic rings. The van der Waals surface area contributed by atoms with E-state index in [0.717, 1.165) is 33.8 Å². The van der Waals surface area contributed by atoms with E-state index in [1.165, 1.54) is 49.8 Å². The average Bonchev–Trinajstić information content (AvgIpc) is 3.11. The topological polar surface area (TPSA) is 53.4 Å². The Morgan fingerprint density at radius 2 is 1.96 bits per heavy atom. The Hall–Kier alpha value is -1.95. The predicted molar refractivity (Wildman–Crippen MR) is 116 cm³/mol. The Labute approximate surface area is 173 Å². The van der Waals surface area contributed by atoms with Crippen molar-refractivity contribution in [3.05, 3.63) is 47.0 Å². The van der Waals surface area contributed by atoms with Crippen LogP contribution in [0, 0.1) is 0 Å². The van der Waals surface area contributed by atoms with Crippen LogP contribution in [0.4, 0.5) is 0 Å². The molecule has 28 heavy (non-hydrogen) atoms. The molecule has 0 spiro atoms. The van der Waals surface area contributed by atoms with Gasteiger partial charge in [0.05, 0.1) is 15.8 Å². The maximum absolute atomic E-state index is 12.6. The van der Waals surface area contributed by atoms with Gasteiger partial charge in [0.25, 0.3) is 0 Å². The molecule has 2 heterocycles. The molecule has 2 aromatic carbocycles. The first-order valence-electron chi connectivity index (χ1n) is 9.75. The lowest BCUT2D eigenvalue weighted by Gasteiger charge is -2.26. The number of likely N-dealkylation sites (tertiary alicyclic amines) is 1. The number of hydrogen-bond donors (Lipinski definition) is 1. The number of aromatic nitrogens is 1. The summed E-state index contributed by atoms with van der Waals surface area (Å²) < 4.78 is 0.950. The summed E-state index contributed by atoms with van der Waals surface area (Å²) in [5.41, 5.74) is 2.22. The standard InChI is InChI=1S/C22H23ClN2O2S/c23-16-7-8-17(20(27)14-16)22-24-18-9-6-15(13-21(18)28-22)19(26)5-4-12-25-10-2-1-3-11-25/h6-9,13-14,27H,1-5,10-12H2. The van der Waals surface area contributed by atoms with Crippen LogP contribution in [0.2, 0.25) is 5.02 Å². The van der Waals surface area contributed by atoms with Crippen molar-refractivity contribution in [2.45, 2.75) is 32.1 Å². The molecule has 0 amide bonds. The molecule has 3 aromatic rings. The van der Waals surface area contributed by atoms with Crippen molar-refractivity contribution < 1.29 is 9.90 Å². The molecule has 1 saturated heterocycles. The molecule has 4 nitrogen and oxygen atoms in total. The van der Waals surface area contributed by atoms with Crippen molar-refractivity contribution in [3.63, 3.8) is 0 Å². The van der Waals surface area contributed by atoms with Crippen LogP contribution in [0.5, 0.6) is 5.75 Å². The Morgan fingerprint density at radius 3 is 2.75 bits per heavy atom. The minimum absolute atomic E-state index is 0.112. The molecule has 0 saturated carbocycles. The zero-order chi connectivity index (χ0) is 19.5. The van der Waals surface area contributed by atoms with Gasteiger partial charge in [-0.15, -0.1) is 11.3 Å². The number of ketones is 1. The number of fused-ring (bicyclic) bond motifs is 1. The zero-order valence-corrected chi connectivity index (χ0v) is 17.2. The molecule has 0 radical (unpaired) electrons. The second-order valence-corrected chi connectivity index (χ2v) is 8.76. The van der Waals surface area contributed by atoms with E-state index in [0.29, 0.717) is 17.0 Å². The molecule has 146 valence electrons. The van der Waals surface area contributed by atoms with E-state index in [4.69, 9.17) is 11.6 Å². The molecule has 1 aromatic heterocycles. The van der Waals surface area contributed by atoms with Crippen LogP contribution in [0.25, 0.3) is 20.8 Å². The summed E-state index contributed by atoms with van der Waals surface area (Å²) in [6.07, 6.45) is 5.37. The van der Waals surface area contributed by atoms with Crippen molar-refractivity contribution >= 4 is 38.9 Å². The highest BCUT2D eigenvalue weighted by Gasteiger charge is 2.14. The summed E-state index contributed by atoms with van der Waals surface area (Å²) in [4.78, 5) is 19.7. The number of phenolic OH excluding ortho intramolecular Hbond substituents is 1. The fourth-order valence-corrected chi connectivity index (χ4v) is 4.89. The van der Waals surface area contributed by atoms with Crippen LogP contribution in [0.1, 0.15) is 42.5 Å². The van der Waals surface area contributed by atoms with E-state index in [-0.39, 0.29) is 11.5 Å². The quantitative estimate of drug-likeness (QED) is 0.520. The number of carbonyl (C=O) groups excluding carboxylic acids is 1. The normalized spacial score (nSPS) is 15.2. The third-order valence-electron chi connectivity index (χ3n) is 5.23. The SMILES string of the molecule is O=C(CCCN1CCCCC1)c1ccc2nc(-c3ccc(Cl)cc3O)sc2c1. The number of benzene rings is 2. The second kappa shape index (κ2) is 8.60. The third-order valence-corrected chi connectivity index (χ3v) is 6.51. The monoisotopic (exact) mass is 414 g/mol. The number of carbonyl (C=O) groups is 1. The maximum Gasteiger partial charge on any atom is 0.162 e. The first kappa shape index (κ1) is 19.4. The number of aromatic hydroxyl groups is 1. The highest BCUT2D eigenvalue weighted by molar-refractivity contribution is 7.21. The summed E-state index contributed by atoms with van der Waals surface area (Å²) in [5.74, 6) is 0.295. The number of nitrogens with zero attached hydrogens (tertiary/aromatic N) is 2. The average molecular weight is 415 g/mol. The molecule has 0 bridgehead atoms. The lowest BCUT2D eigenvalue weighted by atomic mass is 10.1. The Bertz CT molecular complexity index is 995. The molecule has 1 aliphatic heterocycles. The van der Waals surface area contributed by atoms with Gasteiger partial charge >= 0.3 is 0 Å². The highest BCUT2D eigenvalue weighted by atomic mass is 35.5. The smallest absolute Gasteiger partial charge is 0.162 e. The molecule has 0 aliphatic carbocycles. The van der Waals surface area contributed by atoms with E-state index < -0.39 is 0 Å². The summed E-state index contributed by atoms with van der Waals surface area (Å²) in [6, 6.07) is 10.7. The fourth-order valence-electron chi connectivity index (χ4n) is 3.69. The van der Waals surface area contributed by atoms with Crippen LogP contribution in [-0.2, 0) is 0 Å². The predicted octanol–water partition coefficient (Wildman–Crippen LogP) is 5.77. The largest absolute Gasteiger partial charge is 0.507 e. The number of piperidine rings is 1. The summed E-state index contributed by atoms with van der Waals surface area (Å²) in [5, 5.41) is 11.3. The first-order chi connectivity index (χ1) is 13.6. The van der Waals surface area contributed by atoms with E-state index in [2.05, 4.69) is 9.88 Å². The van der Waals surface area contributed by atoms with Crippen molar-refractivity contribution in [1.82, 2.24) is 9.88 Å². The van der Waals surface area contributed by atoms with Gasteiger partial charge < -0.3 is 10.0 Å². The first-order valence-corrected chi connectivity index (χ1v) is 10.9. The van der Waals surface area contributed by atoms with Gasteiger partial charge in [0.2, 0.25) is 0 Å². The van der Waals surface area contributed by atoms with E-state index in [1.807, 2.05) is 18.2 Å². The number of Topliss-reactive ketones (excluding diaryl/α,β-unsaturated/α-hetero) is 1. The van der Waals surface area contributed by atoms with E-state index in [1.54, 1.807) is 12.1 Å². The highest BCUT2D eigenvalue weighted by Crippen LogP contribution is 2.36. The molecular formula is C22H23ClN2O2S. The fraction of sp³-hybridized carbons (Fsp3) is 0.364. The maximum atomic E-state index is 12.6. The Morgan fingerprint density at radius 1 is 1.14 bits per heavy atom. The van der Waals surface area contributed by atoms with Gasteiger partial charge in [-0.1, -0.05) is 18.0 Å². The second-order valence-electron chi connectivity index (χ2n) is 7.29. The van der Waals surface area contributed by atoms with E-state index in [9.17, 15) is 9.90 Å². The molecule has 0 atom stereocenters.